The molecule has 240 valence electrons. The molecule has 2 aromatic rings. The Labute approximate surface area is 275 Å². The molecule has 45 heavy (non-hydrogen) atoms. The first-order chi connectivity index (χ1) is 21.5. The van der Waals surface area contributed by atoms with E-state index in [4.69, 9.17) is 23.2 Å². The fourth-order valence-electron chi connectivity index (χ4n) is 6.38. The number of hydrogen-bond acceptors (Lipinski definition) is 7. The van der Waals surface area contributed by atoms with Crippen LogP contribution in [0.3, 0.4) is 0 Å². The van der Waals surface area contributed by atoms with E-state index in [2.05, 4.69) is 22.2 Å². The molecule has 0 saturated carbocycles. The molecule has 2 aromatic carbocycles. The lowest BCUT2D eigenvalue weighted by Crippen LogP contribution is -2.51. The van der Waals surface area contributed by atoms with Crippen LogP contribution in [0.1, 0.15) is 30.7 Å². The first-order valence-corrected chi connectivity index (χ1v) is 16.9. The number of aliphatic carboxylic acids is 2. The monoisotopic (exact) mass is 674 g/mol. The van der Waals surface area contributed by atoms with Gasteiger partial charge in [-0.2, -0.15) is 0 Å². The van der Waals surface area contributed by atoms with Crippen molar-refractivity contribution in [3.63, 3.8) is 0 Å². The maximum absolute atomic E-state index is 13.7. The number of carbonyl (C=O) groups excluding carboxylic acids is 1. The Balaban J connectivity index is 1.46. The van der Waals surface area contributed by atoms with Gasteiger partial charge in [-0.15, -0.1) is 0 Å². The van der Waals surface area contributed by atoms with E-state index in [9.17, 15) is 29.1 Å². The summed E-state index contributed by atoms with van der Waals surface area (Å²) in [5.74, 6) is -4.81. The van der Waals surface area contributed by atoms with Gasteiger partial charge in [0.1, 0.15) is 0 Å². The van der Waals surface area contributed by atoms with Gasteiger partial charge in [0.05, 0.1) is 29.2 Å². The van der Waals surface area contributed by atoms with Gasteiger partial charge in [0.2, 0.25) is 5.91 Å². The highest BCUT2D eigenvalue weighted by Gasteiger charge is 2.42. The van der Waals surface area contributed by atoms with Gasteiger partial charge in [-0.25, -0.2) is 9.59 Å². The van der Waals surface area contributed by atoms with Gasteiger partial charge in [0, 0.05) is 60.1 Å². The van der Waals surface area contributed by atoms with Crippen molar-refractivity contribution in [2.75, 3.05) is 52.1 Å². The molecule has 2 saturated heterocycles. The van der Waals surface area contributed by atoms with Crippen LogP contribution in [0, 0.1) is 0 Å². The molecule has 0 spiro atoms. The highest BCUT2D eigenvalue weighted by atomic mass is 35.5. The Morgan fingerprint density at radius 1 is 0.911 bits per heavy atom. The van der Waals surface area contributed by atoms with Gasteiger partial charge >= 0.3 is 11.9 Å². The van der Waals surface area contributed by atoms with E-state index in [0.717, 1.165) is 19.5 Å². The number of likely N-dealkylation sites (tertiary alicyclic amines) is 1. The summed E-state index contributed by atoms with van der Waals surface area (Å²) in [6, 6.07) is 13.6. The number of benzene rings is 2. The lowest BCUT2D eigenvalue weighted by molar-refractivity contribution is -0.133. The minimum atomic E-state index is -1.69. The Hall–Kier alpha value is -3.06. The van der Waals surface area contributed by atoms with Crippen molar-refractivity contribution in [2.24, 2.45) is 0 Å². The third kappa shape index (κ3) is 7.51. The predicted molar refractivity (Wildman–Crippen MR) is 173 cm³/mol. The van der Waals surface area contributed by atoms with Crippen molar-refractivity contribution in [3.8, 4) is 0 Å². The number of likely N-dealkylation sites (N-methyl/N-ethyl adjacent to an activating group) is 1. The van der Waals surface area contributed by atoms with Crippen molar-refractivity contribution in [3.05, 3.63) is 86.7 Å². The first kappa shape index (κ1) is 33.3. The summed E-state index contributed by atoms with van der Waals surface area (Å²) < 4.78 is 13.4. The second-order valence-corrected chi connectivity index (χ2v) is 13.8. The number of nitrogens with one attached hydrogen (secondary N) is 1. The number of rotatable bonds is 10. The number of dihydropyridines is 1. The molecule has 2 fully saturated rings. The SMILES string of the molecule is CN1CCC[C@@H]1CN1CCN(C(=O)CC2=C(C(=O)O)C(c3c(Cl)cccc3Cl)C(C(=O)O)=C(C[S@+]([O-])c3ccccc3)N2)CC1. The molecule has 3 aliphatic rings. The quantitative estimate of drug-likeness (QED) is 0.322. The van der Waals surface area contributed by atoms with E-state index in [0.29, 0.717) is 37.1 Å². The molecule has 13 heteroatoms. The van der Waals surface area contributed by atoms with Crippen LogP contribution in [0.15, 0.2) is 76.0 Å². The lowest BCUT2D eigenvalue weighted by atomic mass is 9.79. The van der Waals surface area contributed by atoms with Crippen LogP contribution in [0.5, 0.6) is 0 Å². The molecule has 3 heterocycles. The fraction of sp³-hybridized carbons (Fsp3) is 0.406. The van der Waals surface area contributed by atoms with Crippen molar-refractivity contribution >= 4 is 52.2 Å². The Kier molecular flexibility index (Phi) is 10.8. The topological polar surface area (TPSA) is 136 Å². The van der Waals surface area contributed by atoms with Gasteiger partial charge < -0.3 is 29.9 Å². The van der Waals surface area contributed by atoms with Crippen LogP contribution < -0.4 is 5.32 Å². The summed E-state index contributed by atoms with van der Waals surface area (Å²) in [4.78, 5) is 46.3. The molecule has 3 N–H and O–H groups in total. The minimum Gasteiger partial charge on any atom is -0.611 e. The molecule has 3 atom stereocenters. The van der Waals surface area contributed by atoms with Gasteiger partial charge in [-0.05, 0) is 61.9 Å². The van der Waals surface area contributed by atoms with Crippen molar-refractivity contribution in [1.29, 1.82) is 0 Å². The largest absolute Gasteiger partial charge is 0.611 e. The van der Waals surface area contributed by atoms with Crippen LogP contribution in [0.4, 0.5) is 0 Å². The lowest BCUT2D eigenvalue weighted by Gasteiger charge is -2.37. The number of amides is 1. The van der Waals surface area contributed by atoms with Crippen LogP contribution >= 0.6 is 23.2 Å². The zero-order valence-corrected chi connectivity index (χ0v) is 27.2. The number of carbonyl (C=O) groups is 3. The predicted octanol–water partition coefficient (Wildman–Crippen LogP) is 3.79. The second-order valence-electron chi connectivity index (χ2n) is 11.5. The van der Waals surface area contributed by atoms with Crippen LogP contribution in [-0.4, -0.2) is 105 Å². The van der Waals surface area contributed by atoms with Crippen molar-refractivity contribution in [1.82, 2.24) is 20.0 Å². The molecule has 10 nitrogen and oxygen atoms in total. The standard InChI is InChI=1S/C32H36Cl2N4O6S/c1-36-12-6-7-20(36)18-37-13-15-38(16-14-37)26(39)17-24-28(31(40)41)30(27-22(33)10-5-11-23(27)34)29(32(42)43)25(35-24)19-45(44)21-8-3-2-4-9-21/h2-5,8-11,20,30,35H,6-7,12-19H2,1H3,(H,40,41)(H,42,43)/t20-,30?,45+/m1/s1. The number of halogens is 2. The normalized spacial score (nSPS) is 22.0. The molecule has 3 aliphatic heterocycles. The smallest absolute Gasteiger partial charge is 0.334 e. The van der Waals surface area contributed by atoms with Crippen molar-refractivity contribution in [2.45, 2.75) is 36.1 Å². The van der Waals surface area contributed by atoms with Crippen LogP contribution in [0.25, 0.3) is 0 Å². The Morgan fingerprint density at radius 3 is 2.11 bits per heavy atom. The second kappa shape index (κ2) is 14.6. The maximum atomic E-state index is 13.7. The molecule has 0 bridgehead atoms. The summed E-state index contributed by atoms with van der Waals surface area (Å²) in [5.41, 5.74) is -0.533. The molecular formula is C32H36Cl2N4O6S. The van der Waals surface area contributed by atoms with E-state index >= 15 is 0 Å². The van der Waals surface area contributed by atoms with Gasteiger partial charge in [-0.3, -0.25) is 9.69 Å². The molecule has 1 unspecified atom stereocenters. The molecule has 0 aromatic heterocycles. The zero-order valence-electron chi connectivity index (χ0n) is 24.9. The van der Waals surface area contributed by atoms with E-state index < -0.39 is 29.0 Å². The summed E-state index contributed by atoms with van der Waals surface area (Å²) in [5, 5.41) is 24.0. The molecular weight excluding hydrogens is 639 g/mol. The first-order valence-electron chi connectivity index (χ1n) is 14.8. The zero-order chi connectivity index (χ0) is 32.2. The van der Waals surface area contributed by atoms with Crippen LogP contribution in [0.2, 0.25) is 10.0 Å². The highest BCUT2D eigenvalue weighted by molar-refractivity contribution is 7.91. The number of carboxylic acid groups (broad SMARTS) is 2. The van der Waals surface area contributed by atoms with Crippen LogP contribution in [-0.2, 0) is 25.6 Å². The summed E-state index contributed by atoms with van der Waals surface area (Å²) in [6.07, 6.45) is 2.03. The van der Waals surface area contributed by atoms with Crippen molar-refractivity contribution < 1.29 is 29.1 Å². The summed E-state index contributed by atoms with van der Waals surface area (Å²) >= 11 is 11.4. The average Bonchev–Trinajstić information content (AvgIpc) is 3.41. The number of piperazine rings is 1. The summed E-state index contributed by atoms with van der Waals surface area (Å²) in [6.45, 7) is 4.43. The summed E-state index contributed by atoms with van der Waals surface area (Å²) in [7, 11) is 2.14. The van der Waals surface area contributed by atoms with E-state index in [1.165, 1.54) is 18.6 Å². The molecule has 1 amide bonds. The Bertz CT molecular complexity index is 1490. The third-order valence-corrected chi connectivity index (χ3v) is 10.8. The van der Waals surface area contributed by atoms with E-state index in [1.807, 2.05) is 0 Å². The molecule has 5 rings (SSSR count). The average molecular weight is 676 g/mol. The van der Waals surface area contributed by atoms with Gasteiger partial charge in [0.25, 0.3) is 0 Å². The maximum Gasteiger partial charge on any atom is 0.334 e. The van der Waals surface area contributed by atoms with E-state index in [-0.39, 0.29) is 56.2 Å². The minimum absolute atomic E-state index is 0.0218. The third-order valence-electron chi connectivity index (χ3n) is 8.75. The highest BCUT2D eigenvalue weighted by Crippen LogP contribution is 2.45. The fourth-order valence-corrected chi connectivity index (χ4v) is 8.11. The Morgan fingerprint density at radius 2 is 1.53 bits per heavy atom. The number of nitrogens with zero attached hydrogens (tertiary/aromatic N) is 3. The van der Waals surface area contributed by atoms with Gasteiger partial charge in [-0.1, -0.05) is 47.5 Å². The number of carboxylic acids is 2. The number of hydrogen-bond donors (Lipinski definition) is 3. The van der Waals surface area contributed by atoms with E-state index in [1.54, 1.807) is 41.3 Å². The molecule has 0 radical (unpaired) electrons. The molecule has 0 aliphatic carbocycles. The van der Waals surface area contributed by atoms with Gasteiger partial charge in [0.15, 0.2) is 10.6 Å².